The summed E-state index contributed by atoms with van der Waals surface area (Å²) in [5.74, 6) is 0.636. The van der Waals surface area contributed by atoms with Crippen LogP contribution in [0.3, 0.4) is 0 Å². The molecule has 0 heterocycles. The normalized spacial score (nSPS) is 12.6. The monoisotopic (exact) mass is 387 g/mol. The Morgan fingerprint density at radius 1 is 1.26 bits per heavy atom. The Bertz CT molecular complexity index is 936. The van der Waals surface area contributed by atoms with Crippen molar-refractivity contribution in [2.45, 2.75) is 27.4 Å². The number of halogens is 1. The van der Waals surface area contributed by atoms with E-state index in [2.05, 4.69) is 4.99 Å². The third-order valence-corrected chi connectivity index (χ3v) is 4.80. The molecule has 0 saturated carbocycles. The van der Waals surface area contributed by atoms with Gasteiger partial charge in [-0.05, 0) is 55.7 Å². The summed E-state index contributed by atoms with van der Waals surface area (Å²) in [5, 5.41) is 11.6. The van der Waals surface area contributed by atoms with Crippen molar-refractivity contribution in [3.8, 4) is 5.75 Å². The zero-order valence-corrected chi connectivity index (χ0v) is 16.5. The molecule has 0 bridgehead atoms. The Kier molecular flexibility index (Phi) is 6.58. The lowest BCUT2D eigenvalue weighted by Crippen LogP contribution is -2.06. The van der Waals surface area contributed by atoms with Gasteiger partial charge < -0.3 is 10.5 Å². The number of allylic oxidation sites excluding steroid dienone is 1. The number of hydrogen-bond acceptors (Lipinski definition) is 5. The Morgan fingerprint density at radius 3 is 2.56 bits per heavy atom. The first-order chi connectivity index (χ1) is 12.8. The number of nitrogens with two attached hydrogens (primary N) is 1. The molecule has 6 nitrogen and oxygen atoms in total. The van der Waals surface area contributed by atoms with Gasteiger partial charge in [0.2, 0.25) is 0 Å². The number of benzene rings is 2. The summed E-state index contributed by atoms with van der Waals surface area (Å²) in [4.78, 5) is 14.8. The highest BCUT2D eigenvalue weighted by molar-refractivity contribution is 6.70. The van der Waals surface area contributed by atoms with E-state index in [0.29, 0.717) is 27.8 Å². The Morgan fingerprint density at radius 2 is 1.96 bits per heavy atom. The van der Waals surface area contributed by atoms with E-state index in [0.717, 1.165) is 16.7 Å². The molecule has 142 valence electrons. The third-order valence-electron chi connectivity index (χ3n) is 4.35. The first-order valence-corrected chi connectivity index (χ1v) is 8.69. The predicted octanol–water partition coefficient (Wildman–Crippen LogP) is 4.75. The molecule has 2 aromatic rings. The summed E-state index contributed by atoms with van der Waals surface area (Å²) in [6.07, 6.45) is 0. The lowest BCUT2D eigenvalue weighted by Gasteiger charge is -2.13. The van der Waals surface area contributed by atoms with Crippen LogP contribution in [0.4, 0.5) is 5.69 Å². The molecular formula is C20H22ClN3O3. The molecule has 7 heteroatoms. The van der Waals surface area contributed by atoms with Gasteiger partial charge in [0.25, 0.3) is 5.69 Å². The lowest BCUT2D eigenvalue weighted by molar-refractivity contribution is -0.385. The van der Waals surface area contributed by atoms with Gasteiger partial charge in [-0.2, -0.15) is 0 Å². The molecule has 0 aliphatic carbocycles. The van der Waals surface area contributed by atoms with Crippen molar-refractivity contribution >= 4 is 28.2 Å². The number of nitrogens with zero attached hydrogens (tertiary/aromatic N) is 2. The van der Waals surface area contributed by atoms with Crippen molar-refractivity contribution in [1.82, 2.24) is 0 Å². The van der Waals surface area contributed by atoms with Gasteiger partial charge in [0, 0.05) is 24.4 Å². The molecule has 2 aromatic carbocycles. The standard InChI is InChI=1S/C20H22ClN3O3/c1-12-6-5-7-17(24(25)26)16(12)11-27-18-9-8-15(10-13(18)2)19(22)14(3)20(21)23-4/h5-10H,11,22H2,1-4H3. The maximum atomic E-state index is 11.2. The molecule has 27 heavy (non-hydrogen) atoms. The van der Waals surface area contributed by atoms with E-state index in [1.165, 1.54) is 6.07 Å². The topological polar surface area (TPSA) is 90.8 Å². The fourth-order valence-corrected chi connectivity index (χ4v) is 2.77. The van der Waals surface area contributed by atoms with E-state index in [9.17, 15) is 10.1 Å². The summed E-state index contributed by atoms with van der Waals surface area (Å²) in [5.41, 5.74) is 10.5. The highest BCUT2D eigenvalue weighted by Gasteiger charge is 2.16. The van der Waals surface area contributed by atoms with Crippen LogP contribution in [0.15, 0.2) is 47.0 Å². The van der Waals surface area contributed by atoms with Gasteiger partial charge in [0.15, 0.2) is 0 Å². The first-order valence-electron chi connectivity index (χ1n) is 8.32. The van der Waals surface area contributed by atoms with Gasteiger partial charge in [0.05, 0.1) is 10.5 Å². The van der Waals surface area contributed by atoms with Crippen LogP contribution in [0.1, 0.15) is 29.2 Å². The van der Waals surface area contributed by atoms with E-state index < -0.39 is 4.92 Å². The Hall–Kier alpha value is -2.86. The molecule has 0 radical (unpaired) electrons. The van der Waals surface area contributed by atoms with Gasteiger partial charge >= 0.3 is 0 Å². The highest BCUT2D eigenvalue weighted by atomic mass is 35.5. The van der Waals surface area contributed by atoms with Crippen molar-refractivity contribution in [2.24, 2.45) is 10.7 Å². The largest absolute Gasteiger partial charge is 0.488 e. The van der Waals surface area contributed by atoms with Crippen molar-refractivity contribution < 1.29 is 9.66 Å². The van der Waals surface area contributed by atoms with E-state index in [1.807, 2.05) is 39.0 Å². The predicted molar refractivity (Wildman–Crippen MR) is 109 cm³/mol. The zero-order valence-electron chi connectivity index (χ0n) is 15.7. The third kappa shape index (κ3) is 4.65. The minimum Gasteiger partial charge on any atom is -0.488 e. The second kappa shape index (κ2) is 8.68. The summed E-state index contributed by atoms with van der Waals surface area (Å²) < 4.78 is 5.85. The summed E-state index contributed by atoms with van der Waals surface area (Å²) in [7, 11) is 1.60. The van der Waals surface area contributed by atoms with E-state index in [1.54, 1.807) is 19.2 Å². The van der Waals surface area contributed by atoms with Crippen molar-refractivity contribution in [2.75, 3.05) is 7.05 Å². The van der Waals surface area contributed by atoms with Crippen LogP contribution >= 0.6 is 11.6 Å². The summed E-state index contributed by atoms with van der Waals surface area (Å²) in [6, 6.07) is 10.5. The van der Waals surface area contributed by atoms with Crippen molar-refractivity contribution in [3.63, 3.8) is 0 Å². The molecule has 0 fully saturated rings. The number of aryl methyl sites for hydroxylation is 2. The average Bonchev–Trinajstić information content (AvgIpc) is 2.65. The molecule has 0 aromatic heterocycles. The number of nitro benzene ring substituents is 1. The molecule has 0 atom stereocenters. The quantitative estimate of drug-likeness (QED) is 0.440. The summed E-state index contributed by atoms with van der Waals surface area (Å²) in [6.45, 7) is 5.64. The lowest BCUT2D eigenvalue weighted by atomic mass is 10.0. The Labute approximate surface area is 163 Å². The molecule has 0 amide bonds. The second-order valence-corrected chi connectivity index (χ2v) is 6.51. The van der Waals surface area contributed by atoms with Crippen molar-refractivity contribution in [3.05, 3.63) is 74.3 Å². The SMILES string of the molecule is CN=C(Cl)C(C)=C(N)c1ccc(OCc2c(C)cccc2[N+](=O)[O-])c(C)c1. The van der Waals surface area contributed by atoms with Crippen LogP contribution in [0.25, 0.3) is 5.70 Å². The van der Waals surface area contributed by atoms with Gasteiger partial charge in [-0.15, -0.1) is 0 Å². The molecule has 0 spiro atoms. The van der Waals surface area contributed by atoms with E-state index in [4.69, 9.17) is 22.1 Å². The van der Waals surface area contributed by atoms with Crippen LogP contribution in [0.5, 0.6) is 5.75 Å². The van der Waals surface area contributed by atoms with E-state index >= 15 is 0 Å². The number of aliphatic imine (C=N–C) groups is 1. The van der Waals surface area contributed by atoms with Crippen LogP contribution in [-0.2, 0) is 6.61 Å². The molecule has 0 saturated heterocycles. The van der Waals surface area contributed by atoms with Crippen LogP contribution < -0.4 is 10.5 Å². The molecule has 0 aliphatic rings. The van der Waals surface area contributed by atoms with Crippen molar-refractivity contribution in [1.29, 1.82) is 0 Å². The first kappa shape index (κ1) is 20.5. The maximum absolute atomic E-state index is 11.2. The van der Waals surface area contributed by atoms with E-state index in [-0.39, 0.29) is 12.3 Å². The fourth-order valence-electron chi connectivity index (χ4n) is 2.67. The molecule has 2 N–H and O–H groups in total. The number of hydrogen-bond donors (Lipinski definition) is 1. The highest BCUT2D eigenvalue weighted by Crippen LogP contribution is 2.27. The Balaban J connectivity index is 2.27. The fraction of sp³-hybridized carbons (Fsp3) is 0.250. The number of rotatable bonds is 6. The smallest absolute Gasteiger partial charge is 0.276 e. The minimum absolute atomic E-state index is 0.0561. The van der Waals surface area contributed by atoms with Gasteiger partial charge in [-0.25, -0.2) is 0 Å². The molecule has 2 rings (SSSR count). The molecule has 0 aliphatic heterocycles. The average molecular weight is 388 g/mol. The molecular weight excluding hydrogens is 366 g/mol. The van der Waals surface area contributed by atoms with Crippen LogP contribution in [-0.4, -0.2) is 17.1 Å². The summed E-state index contributed by atoms with van der Waals surface area (Å²) >= 11 is 6.04. The second-order valence-electron chi connectivity index (χ2n) is 6.15. The zero-order chi connectivity index (χ0) is 20.1. The molecule has 0 unspecified atom stereocenters. The van der Waals surface area contributed by atoms with Gasteiger partial charge in [0.1, 0.15) is 17.5 Å². The minimum atomic E-state index is -0.394. The van der Waals surface area contributed by atoms with Crippen LogP contribution in [0, 0.1) is 24.0 Å². The van der Waals surface area contributed by atoms with Gasteiger partial charge in [-0.3, -0.25) is 15.1 Å². The number of nitro groups is 1. The van der Waals surface area contributed by atoms with Gasteiger partial charge in [-0.1, -0.05) is 23.7 Å². The maximum Gasteiger partial charge on any atom is 0.276 e. The number of ether oxygens (including phenoxy) is 1. The van der Waals surface area contributed by atoms with Crippen LogP contribution in [0.2, 0.25) is 0 Å².